The highest BCUT2D eigenvalue weighted by Crippen LogP contribution is 2.28. The molecule has 2 aromatic rings. The average Bonchev–Trinajstić information content (AvgIpc) is 3.23. The molecule has 0 radical (unpaired) electrons. The molecule has 118 valence electrons. The van der Waals surface area contributed by atoms with Gasteiger partial charge in [0.2, 0.25) is 5.91 Å². The zero-order valence-corrected chi connectivity index (χ0v) is 12.7. The summed E-state index contributed by atoms with van der Waals surface area (Å²) in [6, 6.07) is 13.3. The van der Waals surface area contributed by atoms with E-state index in [4.69, 9.17) is 0 Å². The number of aromatic amines is 1. The van der Waals surface area contributed by atoms with Crippen molar-refractivity contribution in [2.45, 2.75) is 12.8 Å². The Balaban J connectivity index is 1.74. The Labute approximate surface area is 134 Å². The molecule has 2 heterocycles. The van der Waals surface area contributed by atoms with Crippen molar-refractivity contribution in [2.75, 3.05) is 6.54 Å². The molecule has 2 amide bonds. The third kappa shape index (κ3) is 3.15. The Morgan fingerprint density at radius 1 is 1.22 bits per heavy atom. The van der Waals surface area contributed by atoms with Gasteiger partial charge < -0.3 is 10.3 Å². The SMILES string of the molecule is C/C(=N/NC(=O)C1C(=O)NCC1c1ccccc1)c1ccc[nH]1. The van der Waals surface area contributed by atoms with E-state index in [0.29, 0.717) is 12.3 Å². The average molecular weight is 310 g/mol. The Hall–Kier alpha value is -2.89. The van der Waals surface area contributed by atoms with Crippen molar-refractivity contribution < 1.29 is 9.59 Å². The number of carbonyl (C=O) groups excluding carboxylic acids is 2. The van der Waals surface area contributed by atoms with Crippen LogP contribution in [0.25, 0.3) is 0 Å². The summed E-state index contributed by atoms with van der Waals surface area (Å²) in [5.74, 6) is -1.59. The number of nitrogens with one attached hydrogen (secondary N) is 3. The van der Waals surface area contributed by atoms with E-state index in [2.05, 4.69) is 20.8 Å². The van der Waals surface area contributed by atoms with E-state index in [-0.39, 0.29) is 17.7 Å². The predicted octanol–water partition coefficient (Wildman–Crippen LogP) is 1.38. The smallest absolute Gasteiger partial charge is 0.253 e. The van der Waals surface area contributed by atoms with E-state index < -0.39 is 5.92 Å². The number of carbonyl (C=O) groups is 2. The molecule has 3 rings (SSSR count). The summed E-state index contributed by atoms with van der Waals surface area (Å²) in [5, 5.41) is 6.84. The second-order valence-corrected chi connectivity index (χ2v) is 5.50. The Bertz CT molecular complexity index is 722. The molecular weight excluding hydrogens is 292 g/mol. The van der Waals surface area contributed by atoms with Crippen LogP contribution in [-0.4, -0.2) is 29.1 Å². The number of amides is 2. The van der Waals surface area contributed by atoms with Crippen LogP contribution < -0.4 is 10.7 Å². The van der Waals surface area contributed by atoms with Crippen LogP contribution >= 0.6 is 0 Å². The molecule has 2 unspecified atom stereocenters. The lowest BCUT2D eigenvalue weighted by Crippen LogP contribution is -2.35. The van der Waals surface area contributed by atoms with Crippen molar-refractivity contribution in [3.05, 3.63) is 59.9 Å². The summed E-state index contributed by atoms with van der Waals surface area (Å²) in [7, 11) is 0. The molecule has 0 bridgehead atoms. The van der Waals surface area contributed by atoms with Gasteiger partial charge in [0.1, 0.15) is 5.92 Å². The van der Waals surface area contributed by atoms with E-state index in [0.717, 1.165) is 11.3 Å². The molecule has 1 aromatic heterocycles. The maximum Gasteiger partial charge on any atom is 0.253 e. The van der Waals surface area contributed by atoms with E-state index in [1.165, 1.54) is 0 Å². The fourth-order valence-electron chi connectivity index (χ4n) is 2.76. The Kier molecular flexibility index (Phi) is 4.23. The van der Waals surface area contributed by atoms with Gasteiger partial charge in [0.15, 0.2) is 0 Å². The Morgan fingerprint density at radius 2 is 2.00 bits per heavy atom. The van der Waals surface area contributed by atoms with Crippen LogP contribution in [0.1, 0.15) is 24.1 Å². The molecule has 1 aliphatic heterocycles. The fraction of sp³-hybridized carbons (Fsp3) is 0.235. The van der Waals surface area contributed by atoms with E-state index in [9.17, 15) is 9.59 Å². The van der Waals surface area contributed by atoms with Gasteiger partial charge in [-0.25, -0.2) is 5.43 Å². The van der Waals surface area contributed by atoms with Crippen molar-refractivity contribution in [3.63, 3.8) is 0 Å². The topological polar surface area (TPSA) is 86.3 Å². The summed E-state index contributed by atoms with van der Waals surface area (Å²) in [6.07, 6.45) is 1.78. The lowest BCUT2D eigenvalue weighted by Gasteiger charge is -2.15. The number of rotatable bonds is 4. The zero-order chi connectivity index (χ0) is 16.2. The molecule has 0 saturated carbocycles. The first-order valence-corrected chi connectivity index (χ1v) is 7.47. The molecule has 1 saturated heterocycles. The lowest BCUT2D eigenvalue weighted by molar-refractivity contribution is -0.133. The van der Waals surface area contributed by atoms with Crippen molar-refractivity contribution >= 4 is 17.5 Å². The molecular formula is C17H18N4O2. The zero-order valence-electron chi connectivity index (χ0n) is 12.7. The highest BCUT2D eigenvalue weighted by molar-refractivity contribution is 6.04. The van der Waals surface area contributed by atoms with Crippen molar-refractivity contribution in [1.29, 1.82) is 0 Å². The van der Waals surface area contributed by atoms with Crippen LogP contribution in [0.15, 0.2) is 53.8 Å². The van der Waals surface area contributed by atoms with Gasteiger partial charge in [-0.15, -0.1) is 0 Å². The number of aromatic nitrogens is 1. The number of hydrazone groups is 1. The third-order valence-corrected chi connectivity index (χ3v) is 4.01. The maximum atomic E-state index is 12.4. The van der Waals surface area contributed by atoms with Crippen LogP contribution in [0.3, 0.4) is 0 Å². The van der Waals surface area contributed by atoms with Gasteiger partial charge in [0.25, 0.3) is 5.91 Å². The predicted molar refractivity (Wildman–Crippen MR) is 86.8 cm³/mol. The molecule has 2 atom stereocenters. The van der Waals surface area contributed by atoms with E-state index >= 15 is 0 Å². The molecule has 6 nitrogen and oxygen atoms in total. The largest absolute Gasteiger partial charge is 0.360 e. The number of nitrogens with zero attached hydrogens (tertiary/aromatic N) is 1. The molecule has 1 aromatic carbocycles. The number of hydrogen-bond donors (Lipinski definition) is 3. The first-order valence-electron chi connectivity index (χ1n) is 7.47. The second kappa shape index (κ2) is 6.48. The maximum absolute atomic E-state index is 12.4. The lowest BCUT2D eigenvalue weighted by atomic mass is 9.88. The summed E-state index contributed by atoms with van der Waals surface area (Å²) in [4.78, 5) is 27.5. The summed E-state index contributed by atoms with van der Waals surface area (Å²) >= 11 is 0. The monoisotopic (exact) mass is 310 g/mol. The van der Waals surface area contributed by atoms with Crippen molar-refractivity contribution in [2.24, 2.45) is 11.0 Å². The highest BCUT2D eigenvalue weighted by Gasteiger charge is 2.40. The minimum absolute atomic E-state index is 0.176. The normalized spacial score (nSPS) is 21.1. The van der Waals surface area contributed by atoms with E-state index in [1.54, 1.807) is 13.1 Å². The van der Waals surface area contributed by atoms with Crippen molar-refractivity contribution in [1.82, 2.24) is 15.7 Å². The minimum atomic E-state index is -0.766. The standard InChI is InChI=1S/C17H18N4O2/c1-11(14-8-5-9-18-14)20-21-17(23)15-13(10-19-16(15)22)12-6-3-2-4-7-12/h2-9,13,15,18H,10H2,1H3,(H,19,22)(H,21,23)/b20-11-. The third-order valence-electron chi connectivity index (χ3n) is 4.01. The van der Waals surface area contributed by atoms with Gasteiger partial charge in [0, 0.05) is 18.7 Å². The number of hydrogen-bond acceptors (Lipinski definition) is 3. The fourth-order valence-corrected chi connectivity index (χ4v) is 2.76. The van der Waals surface area contributed by atoms with Gasteiger partial charge >= 0.3 is 0 Å². The molecule has 0 spiro atoms. The molecule has 6 heteroatoms. The number of benzene rings is 1. The summed E-state index contributed by atoms with van der Waals surface area (Å²) in [6.45, 7) is 2.25. The van der Waals surface area contributed by atoms with Gasteiger partial charge in [0.05, 0.1) is 11.4 Å². The van der Waals surface area contributed by atoms with Crippen LogP contribution in [0.5, 0.6) is 0 Å². The quantitative estimate of drug-likeness (QED) is 0.453. The van der Waals surface area contributed by atoms with Crippen LogP contribution in [0.4, 0.5) is 0 Å². The van der Waals surface area contributed by atoms with Crippen LogP contribution in [0.2, 0.25) is 0 Å². The minimum Gasteiger partial charge on any atom is -0.360 e. The van der Waals surface area contributed by atoms with Crippen LogP contribution in [0, 0.1) is 5.92 Å². The molecule has 1 fully saturated rings. The molecule has 0 aliphatic carbocycles. The number of H-pyrrole nitrogens is 1. The highest BCUT2D eigenvalue weighted by atomic mass is 16.2. The molecule has 1 aliphatic rings. The molecule has 3 N–H and O–H groups in total. The van der Waals surface area contributed by atoms with E-state index in [1.807, 2.05) is 42.5 Å². The Morgan fingerprint density at radius 3 is 2.70 bits per heavy atom. The first-order chi connectivity index (χ1) is 11.2. The molecule has 23 heavy (non-hydrogen) atoms. The summed E-state index contributed by atoms with van der Waals surface area (Å²) < 4.78 is 0. The first kappa shape index (κ1) is 15.0. The second-order valence-electron chi connectivity index (χ2n) is 5.50. The van der Waals surface area contributed by atoms with Gasteiger partial charge in [-0.2, -0.15) is 5.10 Å². The van der Waals surface area contributed by atoms with Gasteiger partial charge in [-0.3, -0.25) is 9.59 Å². The summed E-state index contributed by atoms with van der Waals surface area (Å²) in [5.41, 5.74) is 4.95. The van der Waals surface area contributed by atoms with Crippen LogP contribution in [-0.2, 0) is 9.59 Å². The van der Waals surface area contributed by atoms with Gasteiger partial charge in [-0.05, 0) is 24.6 Å². The van der Waals surface area contributed by atoms with Gasteiger partial charge in [-0.1, -0.05) is 30.3 Å². The van der Waals surface area contributed by atoms with Crippen molar-refractivity contribution in [3.8, 4) is 0 Å².